The summed E-state index contributed by atoms with van der Waals surface area (Å²) in [6, 6.07) is 11.2. The first kappa shape index (κ1) is 17.5. The van der Waals surface area contributed by atoms with E-state index in [0.29, 0.717) is 10.0 Å². The number of aromatic hydroxyl groups is 1. The number of carbonyl (C=O) groups is 1. The Balaban J connectivity index is 1.88. The molecule has 0 aliphatic heterocycles. The minimum Gasteiger partial charge on any atom is -0.506 e. The summed E-state index contributed by atoms with van der Waals surface area (Å²) < 4.78 is 1.33. The zero-order chi connectivity index (χ0) is 16.8. The molecule has 0 aliphatic rings. The van der Waals surface area contributed by atoms with Crippen molar-refractivity contribution < 1.29 is 9.90 Å². The lowest BCUT2D eigenvalue weighted by atomic mass is 10.2. The second-order valence-corrected chi connectivity index (χ2v) is 6.61. The number of carbonyl (C=O) groups excluding carboxylic acids is 1. The molecule has 0 radical (unpaired) electrons. The predicted molar refractivity (Wildman–Crippen MR) is 98.9 cm³/mol. The van der Waals surface area contributed by atoms with Gasteiger partial charge in [-0.3, -0.25) is 4.79 Å². The van der Waals surface area contributed by atoms with Crippen molar-refractivity contribution in [1.29, 1.82) is 0 Å². The van der Waals surface area contributed by atoms with Crippen LogP contribution in [0, 0.1) is 6.92 Å². The van der Waals surface area contributed by atoms with Gasteiger partial charge >= 0.3 is 0 Å². The highest BCUT2D eigenvalue weighted by Gasteiger charge is 2.05. The fourth-order valence-corrected chi connectivity index (χ4v) is 3.01. The number of benzene rings is 2. The largest absolute Gasteiger partial charge is 0.506 e. The Bertz CT molecular complexity index is 731. The molecule has 0 unspecified atom stereocenters. The van der Waals surface area contributed by atoms with E-state index in [0.717, 1.165) is 15.7 Å². The van der Waals surface area contributed by atoms with E-state index < -0.39 is 0 Å². The Morgan fingerprint density at radius 3 is 2.65 bits per heavy atom. The Kier molecular flexibility index (Phi) is 6.18. The summed E-state index contributed by atoms with van der Waals surface area (Å²) in [5, 5.41) is 16.7. The minimum absolute atomic E-state index is 0.0592. The topological polar surface area (TPSA) is 73.7 Å². The van der Waals surface area contributed by atoms with Crippen LogP contribution < -0.4 is 10.7 Å². The Morgan fingerprint density at radius 2 is 1.96 bits per heavy atom. The predicted octanol–water partition coefficient (Wildman–Crippen LogP) is 3.79. The van der Waals surface area contributed by atoms with Crippen molar-refractivity contribution in [1.82, 2.24) is 5.43 Å². The molecule has 3 N–H and O–H groups in total. The molecule has 0 heterocycles. The van der Waals surface area contributed by atoms with Crippen LogP contribution in [0.15, 0.2) is 50.4 Å². The third kappa shape index (κ3) is 5.37. The summed E-state index contributed by atoms with van der Waals surface area (Å²) in [5.41, 5.74) is 4.91. The second kappa shape index (κ2) is 8.12. The fraction of sp³-hybridized carbons (Fsp3) is 0.125. The number of nitrogens with one attached hydrogen (secondary N) is 2. The summed E-state index contributed by atoms with van der Waals surface area (Å²) in [5.74, 6) is -0.223. The monoisotopic (exact) mass is 439 g/mol. The maximum Gasteiger partial charge on any atom is 0.259 e. The maximum atomic E-state index is 11.7. The summed E-state index contributed by atoms with van der Waals surface area (Å²) in [6.45, 7) is 2.11. The van der Waals surface area contributed by atoms with Crippen LogP contribution in [-0.2, 0) is 4.79 Å². The van der Waals surface area contributed by atoms with Crippen LogP contribution in [0.3, 0.4) is 0 Å². The molecule has 0 aliphatic carbocycles. The highest BCUT2D eigenvalue weighted by atomic mass is 79.9. The van der Waals surface area contributed by atoms with Gasteiger partial charge in [-0.1, -0.05) is 33.6 Å². The van der Waals surface area contributed by atoms with Gasteiger partial charge in [0.2, 0.25) is 0 Å². The van der Waals surface area contributed by atoms with Crippen molar-refractivity contribution in [2.75, 3.05) is 11.9 Å². The number of phenols is 1. The van der Waals surface area contributed by atoms with Crippen LogP contribution in [0.1, 0.15) is 11.1 Å². The molecule has 0 bridgehead atoms. The van der Waals surface area contributed by atoms with Crippen molar-refractivity contribution in [3.05, 3.63) is 56.5 Å². The molecule has 23 heavy (non-hydrogen) atoms. The zero-order valence-electron chi connectivity index (χ0n) is 12.3. The lowest BCUT2D eigenvalue weighted by Gasteiger charge is -2.06. The molecule has 120 valence electrons. The summed E-state index contributed by atoms with van der Waals surface area (Å²) in [6.07, 6.45) is 1.38. The molecule has 2 rings (SSSR count). The van der Waals surface area contributed by atoms with Gasteiger partial charge in [0.1, 0.15) is 5.75 Å². The number of anilines is 1. The number of phenolic OH excluding ortho intramolecular Hbond substituents is 1. The van der Waals surface area contributed by atoms with Gasteiger partial charge in [-0.15, -0.1) is 0 Å². The third-order valence-corrected chi connectivity index (χ3v) is 4.02. The zero-order valence-corrected chi connectivity index (χ0v) is 15.5. The summed E-state index contributed by atoms with van der Waals surface area (Å²) >= 11 is 6.56. The van der Waals surface area contributed by atoms with Crippen LogP contribution in [0.4, 0.5) is 5.69 Å². The number of aryl methyl sites for hydroxylation is 1. The van der Waals surface area contributed by atoms with Gasteiger partial charge in [-0.05, 0) is 47.1 Å². The summed E-state index contributed by atoms with van der Waals surface area (Å²) in [7, 11) is 0. The van der Waals surface area contributed by atoms with Crippen LogP contribution in [-0.4, -0.2) is 23.8 Å². The first-order valence-corrected chi connectivity index (χ1v) is 8.35. The van der Waals surface area contributed by atoms with Crippen LogP contribution in [0.2, 0.25) is 0 Å². The van der Waals surface area contributed by atoms with Gasteiger partial charge in [0.15, 0.2) is 0 Å². The van der Waals surface area contributed by atoms with Gasteiger partial charge in [0.05, 0.1) is 17.2 Å². The molecule has 0 saturated carbocycles. The average Bonchev–Trinajstić information content (AvgIpc) is 2.51. The van der Waals surface area contributed by atoms with Crippen LogP contribution in [0.5, 0.6) is 5.75 Å². The highest BCUT2D eigenvalue weighted by molar-refractivity contribution is 9.11. The number of hydrogen-bond donors (Lipinski definition) is 3. The van der Waals surface area contributed by atoms with Gasteiger partial charge in [0, 0.05) is 15.7 Å². The normalized spacial score (nSPS) is 10.7. The SMILES string of the molecule is Cc1ccc(NCC(=O)N/N=C\c2cc(Br)cc(Br)c2O)cc1. The number of amides is 1. The second-order valence-electron chi connectivity index (χ2n) is 4.84. The standard InChI is InChI=1S/C16H15Br2N3O2/c1-10-2-4-13(5-3-10)19-9-15(22)21-20-8-11-6-12(17)7-14(18)16(11)23/h2-8,19,23H,9H2,1H3,(H,21,22)/b20-8-. The molecule has 0 spiro atoms. The molecule has 2 aromatic carbocycles. The summed E-state index contributed by atoms with van der Waals surface area (Å²) in [4.78, 5) is 11.7. The Morgan fingerprint density at radius 1 is 1.26 bits per heavy atom. The van der Waals surface area contributed by atoms with Crippen LogP contribution >= 0.6 is 31.9 Å². The van der Waals surface area contributed by atoms with Crippen molar-refractivity contribution in [2.24, 2.45) is 5.10 Å². The maximum absolute atomic E-state index is 11.7. The van der Waals surface area contributed by atoms with Gasteiger partial charge < -0.3 is 10.4 Å². The highest BCUT2D eigenvalue weighted by Crippen LogP contribution is 2.30. The van der Waals surface area contributed by atoms with E-state index in [1.165, 1.54) is 6.21 Å². The van der Waals surface area contributed by atoms with Crippen molar-refractivity contribution in [2.45, 2.75) is 6.92 Å². The molecule has 2 aromatic rings. The van der Waals surface area contributed by atoms with Gasteiger partial charge in [-0.2, -0.15) is 5.10 Å². The third-order valence-electron chi connectivity index (χ3n) is 2.96. The van der Waals surface area contributed by atoms with Gasteiger partial charge in [0.25, 0.3) is 5.91 Å². The van der Waals surface area contributed by atoms with E-state index >= 15 is 0 Å². The van der Waals surface area contributed by atoms with E-state index in [9.17, 15) is 9.90 Å². The molecular weight excluding hydrogens is 426 g/mol. The minimum atomic E-state index is -0.282. The van der Waals surface area contributed by atoms with Gasteiger partial charge in [-0.25, -0.2) is 5.43 Å². The number of nitrogens with zero attached hydrogens (tertiary/aromatic N) is 1. The van der Waals surface area contributed by atoms with E-state index in [4.69, 9.17) is 0 Å². The molecule has 0 fully saturated rings. The molecular formula is C16H15Br2N3O2. The molecule has 5 nitrogen and oxygen atoms in total. The molecule has 0 aromatic heterocycles. The average molecular weight is 441 g/mol. The smallest absolute Gasteiger partial charge is 0.259 e. The van der Waals surface area contributed by atoms with Crippen LogP contribution in [0.25, 0.3) is 0 Å². The molecule has 7 heteroatoms. The Hall–Kier alpha value is -1.86. The quantitative estimate of drug-likeness (QED) is 0.489. The van der Waals surface area contributed by atoms with Crippen molar-refractivity contribution in [3.63, 3.8) is 0 Å². The number of rotatable bonds is 5. The first-order valence-electron chi connectivity index (χ1n) is 6.76. The Labute approximate surface area is 151 Å². The molecule has 1 amide bonds. The number of hydrazone groups is 1. The molecule has 0 saturated heterocycles. The lowest BCUT2D eigenvalue weighted by Crippen LogP contribution is -2.25. The number of hydrogen-bond acceptors (Lipinski definition) is 4. The lowest BCUT2D eigenvalue weighted by molar-refractivity contribution is -0.119. The van der Waals surface area contributed by atoms with Crippen molar-refractivity contribution >= 4 is 49.7 Å². The van der Waals surface area contributed by atoms with Crippen molar-refractivity contribution in [3.8, 4) is 5.75 Å². The van der Waals surface area contributed by atoms with E-state index in [2.05, 4.69) is 47.7 Å². The van der Waals surface area contributed by atoms with E-state index in [1.54, 1.807) is 12.1 Å². The number of halogens is 2. The van der Waals surface area contributed by atoms with E-state index in [1.807, 2.05) is 31.2 Å². The fourth-order valence-electron chi connectivity index (χ4n) is 1.75. The van der Waals surface area contributed by atoms with E-state index in [-0.39, 0.29) is 18.2 Å². The first-order chi connectivity index (χ1) is 11.0. The molecule has 0 atom stereocenters.